The molecule has 32 heavy (non-hydrogen) atoms. The summed E-state index contributed by atoms with van der Waals surface area (Å²) in [6.07, 6.45) is 1.12. The molecule has 0 unspecified atom stereocenters. The molecule has 0 saturated carbocycles. The van der Waals surface area contributed by atoms with Gasteiger partial charge in [0, 0.05) is 49.3 Å². The average Bonchev–Trinajstić information content (AvgIpc) is 3.14. The standard InChI is InChI=1S/C25H30N4O3/c1-18-21(22-8-3-4-9-23(22)27-18)10-11-26-25(31)29-14-12-28(13-15-29)24(30)17-19-6-5-7-20(16-19)32-2/h3-9,16,27H,10-15,17H2,1-2H3,(H,26,31). The highest BCUT2D eigenvalue weighted by atomic mass is 16.5. The molecule has 1 aromatic heterocycles. The predicted molar refractivity (Wildman–Crippen MR) is 125 cm³/mol. The Morgan fingerprint density at radius 2 is 1.78 bits per heavy atom. The fraction of sp³-hybridized carbons (Fsp3) is 0.360. The molecule has 4 rings (SSSR count). The Kier molecular flexibility index (Phi) is 6.63. The SMILES string of the molecule is COc1cccc(CC(=O)N2CCN(C(=O)NCCc3c(C)[nH]c4ccccc34)CC2)c1. The zero-order valence-electron chi connectivity index (χ0n) is 18.7. The van der Waals surface area contributed by atoms with Gasteiger partial charge in [0.25, 0.3) is 0 Å². The van der Waals surface area contributed by atoms with Gasteiger partial charge in [0.2, 0.25) is 5.91 Å². The summed E-state index contributed by atoms with van der Waals surface area (Å²) in [5.41, 5.74) is 4.45. The van der Waals surface area contributed by atoms with Gasteiger partial charge in [0.1, 0.15) is 5.75 Å². The highest BCUT2D eigenvalue weighted by molar-refractivity contribution is 5.84. The number of hydrogen-bond donors (Lipinski definition) is 2. The molecule has 0 bridgehead atoms. The van der Waals surface area contributed by atoms with Crippen LogP contribution >= 0.6 is 0 Å². The van der Waals surface area contributed by atoms with E-state index in [1.54, 1.807) is 12.0 Å². The molecule has 2 heterocycles. The summed E-state index contributed by atoms with van der Waals surface area (Å²) in [7, 11) is 1.62. The van der Waals surface area contributed by atoms with Crippen molar-refractivity contribution in [3.63, 3.8) is 0 Å². The third kappa shape index (κ3) is 4.88. The number of para-hydroxylation sites is 1. The number of methoxy groups -OCH3 is 1. The van der Waals surface area contributed by atoms with E-state index in [2.05, 4.69) is 29.4 Å². The van der Waals surface area contributed by atoms with Gasteiger partial charge in [-0.05, 0) is 42.7 Å². The molecule has 2 aromatic carbocycles. The summed E-state index contributed by atoms with van der Waals surface area (Å²) in [6, 6.07) is 15.7. The van der Waals surface area contributed by atoms with Crippen molar-refractivity contribution >= 4 is 22.8 Å². The third-order valence-electron chi connectivity index (χ3n) is 6.09. The van der Waals surface area contributed by atoms with Crippen LogP contribution in [0.2, 0.25) is 0 Å². The molecule has 168 valence electrons. The Bertz CT molecular complexity index is 1100. The molecule has 0 atom stereocenters. The van der Waals surface area contributed by atoms with E-state index in [1.807, 2.05) is 41.3 Å². The number of piperazine rings is 1. The van der Waals surface area contributed by atoms with Crippen LogP contribution in [-0.2, 0) is 17.6 Å². The van der Waals surface area contributed by atoms with Crippen molar-refractivity contribution in [1.82, 2.24) is 20.1 Å². The number of urea groups is 1. The number of hydrogen-bond acceptors (Lipinski definition) is 3. The predicted octanol–water partition coefficient (Wildman–Crippen LogP) is 3.12. The first-order chi connectivity index (χ1) is 15.5. The Labute approximate surface area is 188 Å². The Hall–Kier alpha value is -3.48. The maximum absolute atomic E-state index is 12.6. The molecule has 1 saturated heterocycles. The van der Waals surface area contributed by atoms with Gasteiger partial charge < -0.3 is 24.8 Å². The number of fused-ring (bicyclic) bond motifs is 1. The smallest absolute Gasteiger partial charge is 0.317 e. The zero-order chi connectivity index (χ0) is 22.5. The topological polar surface area (TPSA) is 77.7 Å². The summed E-state index contributed by atoms with van der Waals surface area (Å²) in [6.45, 7) is 4.84. The van der Waals surface area contributed by atoms with Crippen LogP contribution in [-0.4, -0.2) is 66.6 Å². The lowest BCUT2D eigenvalue weighted by Gasteiger charge is -2.34. The van der Waals surface area contributed by atoms with E-state index in [4.69, 9.17) is 4.74 Å². The largest absolute Gasteiger partial charge is 0.497 e. The molecule has 3 aromatic rings. The van der Waals surface area contributed by atoms with Gasteiger partial charge in [0.05, 0.1) is 13.5 Å². The lowest BCUT2D eigenvalue weighted by Crippen LogP contribution is -2.53. The van der Waals surface area contributed by atoms with Crippen LogP contribution in [0, 0.1) is 6.92 Å². The second kappa shape index (κ2) is 9.77. The number of H-pyrrole nitrogens is 1. The van der Waals surface area contributed by atoms with E-state index in [9.17, 15) is 9.59 Å². The molecule has 1 fully saturated rings. The number of ether oxygens (including phenoxy) is 1. The second-order valence-electron chi connectivity index (χ2n) is 8.15. The van der Waals surface area contributed by atoms with E-state index < -0.39 is 0 Å². The molecule has 0 aliphatic carbocycles. The van der Waals surface area contributed by atoms with Gasteiger partial charge in [-0.1, -0.05) is 30.3 Å². The van der Waals surface area contributed by atoms with Crippen molar-refractivity contribution in [2.24, 2.45) is 0 Å². The number of carbonyl (C=O) groups excluding carboxylic acids is 2. The number of aryl methyl sites for hydroxylation is 1. The molecule has 0 spiro atoms. The van der Waals surface area contributed by atoms with Crippen LogP contribution < -0.4 is 10.1 Å². The van der Waals surface area contributed by atoms with Crippen molar-refractivity contribution in [2.45, 2.75) is 19.8 Å². The third-order valence-corrected chi connectivity index (χ3v) is 6.09. The minimum atomic E-state index is -0.0672. The van der Waals surface area contributed by atoms with Gasteiger partial charge in [-0.25, -0.2) is 4.79 Å². The quantitative estimate of drug-likeness (QED) is 0.626. The minimum absolute atomic E-state index is 0.0672. The zero-order valence-corrected chi connectivity index (χ0v) is 18.7. The van der Waals surface area contributed by atoms with Crippen molar-refractivity contribution in [3.05, 3.63) is 65.4 Å². The van der Waals surface area contributed by atoms with E-state index in [0.717, 1.165) is 28.9 Å². The van der Waals surface area contributed by atoms with Crippen LogP contribution in [0.5, 0.6) is 5.75 Å². The molecule has 1 aliphatic rings. The van der Waals surface area contributed by atoms with Crippen LogP contribution in [0.4, 0.5) is 4.79 Å². The number of nitrogens with zero attached hydrogens (tertiary/aromatic N) is 2. The van der Waals surface area contributed by atoms with Gasteiger partial charge >= 0.3 is 6.03 Å². The van der Waals surface area contributed by atoms with E-state index in [-0.39, 0.29) is 11.9 Å². The van der Waals surface area contributed by atoms with E-state index in [0.29, 0.717) is 39.1 Å². The monoisotopic (exact) mass is 434 g/mol. The van der Waals surface area contributed by atoms with Crippen molar-refractivity contribution in [3.8, 4) is 5.75 Å². The van der Waals surface area contributed by atoms with E-state index >= 15 is 0 Å². The highest BCUT2D eigenvalue weighted by Gasteiger charge is 2.24. The van der Waals surface area contributed by atoms with Crippen LogP contribution in [0.15, 0.2) is 48.5 Å². The normalized spacial score (nSPS) is 13.9. The number of nitrogens with one attached hydrogen (secondary N) is 2. The maximum atomic E-state index is 12.6. The first kappa shape index (κ1) is 21.7. The van der Waals surface area contributed by atoms with Crippen LogP contribution in [0.25, 0.3) is 10.9 Å². The fourth-order valence-electron chi connectivity index (χ4n) is 4.29. The Balaban J connectivity index is 1.23. The Morgan fingerprint density at radius 1 is 1.03 bits per heavy atom. The summed E-state index contributed by atoms with van der Waals surface area (Å²) >= 11 is 0. The van der Waals surface area contributed by atoms with Gasteiger partial charge in [-0.3, -0.25) is 4.79 Å². The molecule has 0 radical (unpaired) electrons. The van der Waals surface area contributed by atoms with Crippen LogP contribution in [0.3, 0.4) is 0 Å². The lowest BCUT2D eigenvalue weighted by molar-refractivity contribution is -0.131. The average molecular weight is 435 g/mol. The maximum Gasteiger partial charge on any atom is 0.317 e. The van der Waals surface area contributed by atoms with Crippen molar-refractivity contribution in [1.29, 1.82) is 0 Å². The first-order valence-corrected chi connectivity index (χ1v) is 11.0. The molecule has 7 nitrogen and oxygen atoms in total. The molecule has 1 aliphatic heterocycles. The van der Waals surface area contributed by atoms with Crippen molar-refractivity contribution < 1.29 is 14.3 Å². The minimum Gasteiger partial charge on any atom is -0.497 e. The Morgan fingerprint density at radius 3 is 2.56 bits per heavy atom. The number of benzene rings is 2. The van der Waals surface area contributed by atoms with E-state index in [1.165, 1.54) is 10.9 Å². The van der Waals surface area contributed by atoms with Gasteiger partial charge in [-0.2, -0.15) is 0 Å². The molecular formula is C25H30N4O3. The number of aromatic amines is 1. The number of carbonyl (C=O) groups is 2. The molecule has 2 N–H and O–H groups in total. The molecule has 7 heteroatoms. The molecule has 3 amide bonds. The summed E-state index contributed by atoms with van der Waals surface area (Å²) in [5.74, 6) is 0.827. The second-order valence-corrected chi connectivity index (χ2v) is 8.15. The number of rotatable bonds is 6. The van der Waals surface area contributed by atoms with Gasteiger partial charge in [0.15, 0.2) is 0 Å². The molecular weight excluding hydrogens is 404 g/mol. The lowest BCUT2D eigenvalue weighted by atomic mass is 10.1. The summed E-state index contributed by atoms with van der Waals surface area (Å²) in [5, 5.41) is 4.25. The highest BCUT2D eigenvalue weighted by Crippen LogP contribution is 2.22. The van der Waals surface area contributed by atoms with Crippen LogP contribution in [0.1, 0.15) is 16.8 Å². The number of aromatic nitrogens is 1. The van der Waals surface area contributed by atoms with Crippen molar-refractivity contribution in [2.75, 3.05) is 39.8 Å². The van der Waals surface area contributed by atoms with Gasteiger partial charge in [-0.15, -0.1) is 0 Å². The summed E-state index contributed by atoms with van der Waals surface area (Å²) in [4.78, 5) is 32.3. The first-order valence-electron chi connectivity index (χ1n) is 11.0. The fourth-order valence-corrected chi connectivity index (χ4v) is 4.29. The summed E-state index contributed by atoms with van der Waals surface area (Å²) < 4.78 is 5.23. The number of amides is 3.